The van der Waals surface area contributed by atoms with E-state index >= 15 is 0 Å². The molecule has 1 amide bonds. The van der Waals surface area contributed by atoms with Gasteiger partial charge in [-0.2, -0.15) is 0 Å². The van der Waals surface area contributed by atoms with Crippen molar-refractivity contribution in [1.29, 1.82) is 0 Å². The molecule has 2 aromatic heterocycles. The second-order valence-electron chi connectivity index (χ2n) is 10.0. The van der Waals surface area contributed by atoms with Crippen LogP contribution in [0.15, 0.2) is 79.3 Å². The molecule has 1 saturated heterocycles. The zero-order valence-corrected chi connectivity index (χ0v) is 22.6. The number of amides is 1. The van der Waals surface area contributed by atoms with Gasteiger partial charge < -0.3 is 25.3 Å². The van der Waals surface area contributed by atoms with Crippen LogP contribution < -0.4 is 15.5 Å². The van der Waals surface area contributed by atoms with Gasteiger partial charge in [-0.05, 0) is 63.1 Å². The number of aromatic nitrogens is 3. The second kappa shape index (κ2) is 12.0. The number of rotatable bonds is 8. The number of likely N-dealkylation sites (N-methyl/N-ethyl adjacent to an activating group) is 2. The molecule has 0 atom stereocenters. The molecule has 0 spiro atoms. The first-order valence-corrected chi connectivity index (χ1v) is 13.1. The number of nitrogens with one attached hydrogen (secondary N) is 2. The van der Waals surface area contributed by atoms with Crippen molar-refractivity contribution in [3.63, 3.8) is 0 Å². The molecule has 9 heteroatoms. The summed E-state index contributed by atoms with van der Waals surface area (Å²) < 4.78 is 0. The van der Waals surface area contributed by atoms with E-state index in [-0.39, 0.29) is 5.91 Å². The van der Waals surface area contributed by atoms with Gasteiger partial charge in [-0.15, -0.1) is 0 Å². The molecule has 2 aromatic carbocycles. The molecule has 4 aromatic rings. The smallest absolute Gasteiger partial charge is 0.248 e. The minimum absolute atomic E-state index is 0.169. The van der Waals surface area contributed by atoms with E-state index in [1.54, 1.807) is 24.7 Å². The summed E-state index contributed by atoms with van der Waals surface area (Å²) in [6.45, 7) is 4.92. The van der Waals surface area contributed by atoms with Gasteiger partial charge in [0.2, 0.25) is 11.9 Å². The number of fused-ring (bicyclic) bond motifs is 1. The average molecular weight is 523 g/mol. The van der Waals surface area contributed by atoms with Crippen molar-refractivity contribution in [3.05, 3.63) is 79.3 Å². The summed E-state index contributed by atoms with van der Waals surface area (Å²) in [5.41, 5.74) is 5.41. The van der Waals surface area contributed by atoms with Crippen LogP contribution >= 0.6 is 0 Å². The third kappa shape index (κ3) is 6.76. The first-order valence-electron chi connectivity index (χ1n) is 13.1. The molecular formula is C30H34N8O. The van der Waals surface area contributed by atoms with Gasteiger partial charge in [-0.1, -0.05) is 18.2 Å². The number of carbonyl (C=O) groups excluding carboxylic acids is 1. The minimum Gasteiger partial charge on any atom is -0.369 e. The third-order valence-corrected chi connectivity index (χ3v) is 6.66. The molecule has 200 valence electrons. The lowest BCUT2D eigenvalue weighted by Crippen LogP contribution is -2.44. The molecule has 39 heavy (non-hydrogen) atoms. The molecule has 0 unspecified atom stereocenters. The lowest BCUT2D eigenvalue weighted by Gasteiger charge is -2.34. The maximum absolute atomic E-state index is 12.3. The molecule has 5 rings (SSSR count). The summed E-state index contributed by atoms with van der Waals surface area (Å²) in [7, 11) is 6.08. The Labute approximate surface area is 229 Å². The Balaban J connectivity index is 1.34. The lowest BCUT2D eigenvalue weighted by molar-refractivity contribution is -0.111. The van der Waals surface area contributed by atoms with Crippen molar-refractivity contribution in [2.24, 2.45) is 0 Å². The van der Waals surface area contributed by atoms with Crippen molar-refractivity contribution < 1.29 is 4.79 Å². The van der Waals surface area contributed by atoms with E-state index in [1.165, 1.54) is 5.69 Å². The summed E-state index contributed by atoms with van der Waals surface area (Å²) in [6, 6.07) is 16.1. The maximum atomic E-state index is 12.3. The largest absolute Gasteiger partial charge is 0.369 e. The van der Waals surface area contributed by atoms with Crippen molar-refractivity contribution in [2.45, 2.75) is 0 Å². The highest BCUT2D eigenvalue weighted by Gasteiger charge is 2.14. The molecule has 3 heterocycles. The minimum atomic E-state index is -0.169. The Morgan fingerprint density at radius 1 is 1.00 bits per heavy atom. The highest BCUT2D eigenvalue weighted by molar-refractivity contribution is 6.00. The Bertz CT molecular complexity index is 1460. The summed E-state index contributed by atoms with van der Waals surface area (Å²) in [5, 5.41) is 7.11. The van der Waals surface area contributed by atoms with E-state index in [4.69, 9.17) is 4.98 Å². The SMILES string of the molecule is CN(C)C/C=C/C(=O)Nc1cccc(-c2cncc3cnc(Nc4ccc(N5CCN(C)CC5)cc4)nc23)c1. The topological polar surface area (TPSA) is 89.5 Å². The molecule has 0 radical (unpaired) electrons. The van der Waals surface area contributed by atoms with Crippen LogP contribution in [0.5, 0.6) is 0 Å². The number of carbonyl (C=O) groups is 1. The average Bonchev–Trinajstić information content (AvgIpc) is 2.93. The molecule has 9 nitrogen and oxygen atoms in total. The Hall–Kier alpha value is -4.34. The fourth-order valence-corrected chi connectivity index (χ4v) is 4.49. The molecule has 1 aliphatic heterocycles. The van der Waals surface area contributed by atoms with Gasteiger partial charge in [0.25, 0.3) is 0 Å². The number of hydrogen-bond acceptors (Lipinski definition) is 8. The Morgan fingerprint density at radius 2 is 1.79 bits per heavy atom. The summed E-state index contributed by atoms with van der Waals surface area (Å²) in [5.74, 6) is 0.343. The van der Waals surface area contributed by atoms with E-state index in [0.717, 1.165) is 53.9 Å². The van der Waals surface area contributed by atoms with Gasteiger partial charge in [0, 0.05) is 85.4 Å². The Kier molecular flexibility index (Phi) is 8.10. The number of nitrogens with zero attached hydrogens (tertiary/aromatic N) is 6. The van der Waals surface area contributed by atoms with Crippen LogP contribution in [0.3, 0.4) is 0 Å². The molecule has 0 saturated carbocycles. The highest BCUT2D eigenvalue weighted by Crippen LogP contribution is 2.29. The first kappa shape index (κ1) is 26.3. The van der Waals surface area contributed by atoms with E-state index in [0.29, 0.717) is 18.2 Å². The fraction of sp³-hybridized carbons (Fsp3) is 0.267. The lowest BCUT2D eigenvalue weighted by atomic mass is 10.0. The Morgan fingerprint density at radius 3 is 2.56 bits per heavy atom. The van der Waals surface area contributed by atoms with Crippen LogP contribution in [0, 0.1) is 0 Å². The van der Waals surface area contributed by atoms with Gasteiger partial charge in [0.15, 0.2) is 0 Å². The van der Waals surface area contributed by atoms with Crippen LogP contribution in [0.25, 0.3) is 22.0 Å². The van der Waals surface area contributed by atoms with E-state index in [9.17, 15) is 4.79 Å². The highest BCUT2D eigenvalue weighted by atomic mass is 16.1. The van der Waals surface area contributed by atoms with Crippen LogP contribution in [0.1, 0.15) is 0 Å². The van der Waals surface area contributed by atoms with Crippen LogP contribution in [-0.4, -0.2) is 84.5 Å². The number of hydrogen-bond donors (Lipinski definition) is 2. The predicted molar refractivity (Wildman–Crippen MR) is 159 cm³/mol. The molecule has 1 aliphatic rings. The van der Waals surface area contributed by atoms with Crippen LogP contribution in [0.4, 0.5) is 23.0 Å². The van der Waals surface area contributed by atoms with Gasteiger partial charge in [-0.25, -0.2) is 9.97 Å². The molecule has 0 aliphatic carbocycles. The van der Waals surface area contributed by atoms with Crippen molar-refractivity contribution in [1.82, 2.24) is 24.8 Å². The van der Waals surface area contributed by atoms with Crippen molar-refractivity contribution in [3.8, 4) is 11.1 Å². The fourth-order valence-electron chi connectivity index (χ4n) is 4.49. The van der Waals surface area contributed by atoms with E-state index < -0.39 is 0 Å². The predicted octanol–water partition coefficient (Wildman–Crippen LogP) is 4.24. The van der Waals surface area contributed by atoms with E-state index in [2.05, 4.69) is 61.7 Å². The zero-order chi connectivity index (χ0) is 27.2. The number of anilines is 4. The summed E-state index contributed by atoms with van der Waals surface area (Å²) in [4.78, 5) is 32.8. The van der Waals surface area contributed by atoms with Gasteiger partial charge in [-0.3, -0.25) is 9.78 Å². The monoisotopic (exact) mass is 522 g/mol. The standard InChI is InChI=1S/C30H34N8O/c1-36(2)13-5-8-28(39)33-25-7-4-6-22(18-25)27-21-31-19-23-20-32-30(35-29(23)27)34-24-9-11-26(12-10-24)38-16-14-37(3)15-17-38/h4-12,18-21H,13-17H2,1-3H3,(H,33,39)(H,32,34,35)/b8-5+. The quantitative estimate of drug-likeness (QED) is 0.332. The molecule has 0 bridgehead atoms. The first-order chi connectivity index (χ1) is 18.9. The van der Waals surface area contributed by atoms with Gasteiger partial charge in [0.1, 0.15) is 0 Å². The van der Waals surface area contributed by atoms with Crippen LogP contribution in [0.2, 0.25) is 0 Å². The maximum Gasteiger partial charge on any atom is 0.248 e. The molecule has 2 N–H and O–H groups in total. The normalized spacial score (nSPS) is 14.3. The zero-order valence-electron chi connectivity index (χ0n) is 22.6. The number of piperazine rings is 1. The summed E-state index contributed by atoms with van der Waals surface area (Å²) >= 11 is 0. The van der Waals surface area contributed by atoms with Crippen molar-refractivity contribution >= 4 is 39.8 Å². The summed E-state index contributed by atoms with van der Waals surface area (Å²) in [6.07, 6.45) is 8.71. The van der Waals surface area contributed by atoms with Crippen LogP contribution in [-0.2, 0) is 4.79 Å². The van der Waals surface area contributed by atoms with E-state index in [1.807, 2.05) is 49.3 Å². The molecular weight excluding hydrogens is 488 g/mol. The number of pyridine rings is 1. The number of benzene rings is 2. The van der Waals surface area contributed by atoms with Crippen molar-refractivity contribution in [2.75, 3.05) is 69.4 Å². The second-order valence-corrected chi connectivity index (χ2v) is 10.0. The molecule has 1 fully saturated rings. The third-order valence-electron chi connectivity index (χ3n) is 6.66. The van der Waals surface area contributed by atoms with Gasteiger partial charge >= 0.3 is 0 Å². The van der Waals surface area contributed by atoms with Gasteiger partial charge in [0.05, 0.1) is 5.52 Å².